The molecule has 0 unspecified atom stereocenters. The van der Waals surface area contributed by atoms with Crippen molar-refractivity contribution in [1.29, 1.82) is 0 Å². The van der Waals surface area contributed by atoms with Crippen LogP contribution in [-0.4, -0.2) is 29.3 Å². The van der Waals surface area contributed by atoms with Gasteiger partial charge in [0.15, 0.2) is 17.3 Å². The fourth-order valence-corrected chi connectivity index (χ4v) is 3.53. The van der Waals surface area contributed by atoms with Gasteiger partial charge in [-0.2, -0.15) is 4.98 Å². The Balaban J connectivity index is 1.48. The van der Waals surface area contributed by atoms with Gasteiger partial charge in [0.2, 0.25) is 5.89 Å². The second-order valence-corrected chi connectivity index (χ2v) is 6.85. The number of ether oxygens (including phenoxy) is 2. The number of hydrogen-bond donors (Lipinski definition) is 1. The maximum absolute atomic E-state index is 12.8. The molecular weight excluding hydrogens is 366 g/mol. The Morgan fingerprint density at radius 2 is 1.96 bits per heavy atom. The molecule has 1 aliphatic rings. The van der Waals surface area contributed by atoms with Crippen molar-refractivity contribution in [2.45, 2.75) is 17.6 Å². The van der Waals surface area contributed by atoms with Gasteiger partial charge >= 0.3 is 0 Å². The normalized spacial score (nSPS) is 12.6. The summed E-state index contributed by atoms with van der Waals surface area (Å²) in [7, 11) is 0. The standard InChI is InChI=1S/C19H17N3O4S/c1-12-20-18(26-22-12)11-27-17-5-3-2-4-14(17)19(23)21-13-6-7-15-16(10-13)25-9-8-24-15/h2-7,10H,8-9,11H2,1H3,(H,21,23). The number of benzene rings is 2. The van der Waals surface area contributed by atoms with Crippen LogP contribution in [0.3, 0.4) is 0 Å². The minimum Gasteiger partial charge on any atom is -0.486 e. The van der Waals surface area contributed by atoms with Gasteiger partial charge in [0, 0.05) is 16.6 Å². The van der Waals surface area contributed by atoms with E-state index in [1.165, 1.54) is 11.8 Å². The molecule has 1 aliphatic heterocycles. The lowest BCUT2D eigenvalue weighted by Crippen LogP contribution is -2.16. The number of anilines is 1. The van der Waals surface area contributed by atoms with Crippen molar-refractivity contribution < 1.29 is 18.8 Å². The smallest absolute Gasteiger partial charge is 0.256 e. The number of thioether (sulfide) groups is 1. The summed E-state index contributed by atoms with van der Waals surface area (Å²) in [5.74, 6) is 2.74. The topological polar surface area (TPSA) is 86.5 Å². The van der Waals surface area contributed by atoms with Crippen molar-refractivity contribution >= 4 is 23.4 Å². The molecule has 1 aromatic heterocycles. The number of rotatable bonds is 5. The molecule has 138 valence electrons. The van der Waals surface area contributed by atoms with Crippen LogP contribution in [0, 0.1) is 6.92 Å². The molecule has 1 N–H and O–H groups in total. The molecule has 0 saturated carbocycles. The van der Waals surface area contributed by atoms with Gasteiger partial charge in [0.1, 0.15) is 13.2 Å². The van der Waals surface area contributed by atoms with Gasteiger partial charge in [-0.1, -0.05) is 17.3 Å². The second kappa shape index (κ2) is 7.71. The molecule has 0 saturated heterocycles. The number of nitrogens with one attached hydrogen (secondary N) is 1. The molecular formula is C19H17N3O4S. The monoisotopic (exact) mass is 383 g/mol. The minimum absolute atomic E-state index is 0.198. The fraction of sp³-hybridized carbons (Fsp3) is 0.211. The lowest BCUT2D eigenvalue weighted by atomic mass is 10.2. The van der Waals surface area contributed by atoms with Gasteiger partial charge in [-0.15, -0.1) is 11.8 Å². The highest BCUT2D eigenvalue weighted by Crippen LogP contribution is 2.33. The van der Waals surface area contributed by atoms with Crippen molar-refractivity contribution in [3.8, 4) is 11.5 Å². The van der Waals surface area contributed by atoms with Crippen LogP contribution in [0.2, 0.25) is 0 Å². The molecule has 0 spiro atoms. The summed E-state index contributed by atoms with van der Waals surface area (Å²) in [6.45, 7) is 2.80. The first-order valence-corrected chi connectivity index (χ1v) is 9.39. The predicted octanol–water partition coefficient (Wildman–Crippen LogP) is 3.69. The molecule has 8 heteroatoms. The van der Waals surface area contributed by atoms with Crippen molar-refractivity contribution in [1.82, 2.24) is 10.1 Å². The Labute approximate surface area is 160 Å². The summed E-state index contributed by atoms with van der Waals surface area (Å²) in [5.41, 5.74) is 1.23. The first kappa shape index (κ1) is 17.4. The van der Waals surface area contributed by atoms with E-state index >= 15 is 0 Å². The Bertz CT molecular complexity index is 973. The Morgan fingerprint density at radius 1 is 1.15 bits per heavy atom. The van der Waals surface area contributed by atoms with E-state index in [1.807, 2.05) is 18.2 Å². The van der Waals surface area contributed by atoms with Crippen molar-refractivity contribution in [2.24, 2.45) is 0 Å². The van der Waals surface area contributed by atoms with E-state index in [2.05, 4.69) is 15.5 Å². The number of amides is 1. The predicted molar refractivity (Wildman–Crippen MR) is 100 cm³/mol. The Morgan fingerprint density at radius 3 is 2.78 bits per heavy atom. The third kappa shape index (κ3) is 4.06. The molecule has 1 amide bonds. The van der Waals surface area contributed by atoms with Crippen molar-refractivity contribution in [3.63, 3.8) is 0 Å². The number of aryl methyl sites for hydroxylation is 1. The van der Waals surface area contributed by atoms with Crippen molar-refractivity contribution in [3.05, 3.63) is 59.7 Å². The SMILES string of the molecule is Cc1noc(CSc2ccccc2C(=O)Nc2ccc3c(c2)OCCO3)n1. The van der Waals surface area contributed by atoms with Gasteiger partial charge < -0.3 is 19.3 Å². The average molecular weight is 383 g/mol. The second-order valence-electron chi connectivity index (χ2n) is 5.83. The first-order valence-electron chi connectivity index (χ1n) is 8.41. The highest BCUT2D eigenvalue weighted by atomic mass is 32.2. The summed E-state index contributed by atoms with van der Waals surface area (Å²) in [6, 6.07) is 12.8. The van der Waals surface area contributed by atoms with Gasteiger partial charge in [-0.25, -0.2) is 0 Å². The van der Waals surface area contributed by atoms with Gasteiger partial charge in [-0.05, 0) is 31.2 Å². The van der Waals surface area contributed by atoms with Gasteiger partial charge in [-0.3, -0.25) is 4.79 Å². The lowest BCUT2D eigenvalue weighted by molar-refractivity contribution is 0.102. The molecule has 3 aromatic rings. The third-order valence-electron chi connectivity index (χ3n) is 3.85. The lowest BCUT2D eigenvalue weighted by Gasteiger charge is -2.19. The van der Waals surface area contributed by atoms with Crippen LogP contribution in [-0.2, 0) is 5.75 Å². The van der Waals surface area contributed by atoms with E-state index in [1.54, 1.807) is 31.2 Å². The highest BCUT2D eigenvalue weighted by Gasteiger charge is 2.16. The van der Waals surface area contributed by atoms with E-state index in [0.29, 0.717) is 53.4 Å². The zero-order valence-corrected chi connectivity index (χ0v) is 15.4. The van der Waals surface area contributed by atoms with E-state index in [9.17, 15) is 4.79 Å². The van der Waals surface area contributed by atoms with Crippen LogP contribution < -0.4 is 14.8 Å². The zero-order chi connectivity index (χ0) is 18.6. The van der Waals surface area contributed by atoms with Crippen LogP contribution in [0.4, 0.5) is 5.69 Å². The van der Waals surface area contributed by atoms with E-state index in [-0.39, 0.29) is 5.91 Å². The molecule has 27 heavy (non-hydrogen) atoms. The van der Waals surface area contributed by atoms with E-state index in [0.717, 1.165) is 4.90 Å². The number of aromatic nitrogens is 2. The number of hydrogen-bond acceptors (Lipinski definition) is 7. The molecule has 0 fully saturated rings. The zero-order valence-electron chi connectivity index (χ0n) is 14.6. The summed E-state index contributed by atoms with van der Waals surface area (Å²) in [6.07, 6.45) is 0. The molecule has 4 rings (SSSR count). The largest absolute Gasteiger partial charge is 0.486 e. The summed E-state index contributed by atoms with van der Waals surface area (Å²) in [5, 5.41) is 6.69. The first-order chi connectivity index (χ1) is 13.2. The van der Waals surface area contributed by atoms with Crippen LogP contribution in [0.1, 0.15) is 22.1 Å². The molecule has 0 radical (unpaired) electrons. The molecule has 7 nitrogen and oxygen atoms in total. The van der Waals surface area contributed by atoms with Crippen LogP contribution in [0.25, 0.3) is 0 Å². The molecule has 0 aliphatic carbocycles. The average Bonchev–Trinajstić information content (AvgIpc) is 3.11. The number of carbonyl (C=O) groups is 1. The number of fused-ring (bicyclic) bond motifs is 1. The van der Waals surface area contributed by atoms with Gasteiger partial charge in [0.05, 0.1) is 11.3 Å². The summed E-state index contributed by atoms with van der Waals surface area (Å²) >= 11 is 1.47. The molecule has 2 heterocycles. The molecule has 0 bridgehead atoms. The summed E-state index contributed by atoms with van der Waals surface area (Å²) in [4.78, 5) is 17.8. The molecule has 0 atom stereocenters. The Hall–Kier alpha value is -3.00. The minimum atomic E-state index is -0.198. The van der Waals surface area contributed by atoms with E-state index < -0.39 is 0 Å². The maximum Gasteiger partial charge on any atom is 0.256 e. The van der Waals surface area contributed by atoms with Crippen LogP contribution in [0.5, 0.6) is 11.5 Å². The molecule has 2 aromatic carbocycles. The van der Waals surface area contributed by atoms with Crippen LogP contribution in [0.15, 0.2) is 51.9 Å². The maximum atomic E-state index is 12.8. The number of nitrogens with zero attached hydrogens (tertiary/aromatic N) is 2. The fourth-order valence-electron chi connectivity index (χ4n) is 2.64. The van der Waals surface area contributed by atoms with Crippen LogP contribution >= 0.6 is 11.8 Å². The summed E-state index contributed by atoms with van der Waals surface area (Å²) < 4.78 is 16.2. The Kier molecular flexibility index (Phi) is 4.97. The van der Waals surface area contributed by atoms with Gasteiger partial charge in [0.25, 0.3) is 5.91 Å². The number of carbonyl (C=O) groups excluding carboxylic acids is 1. The van der Waals surface area contributed by atoms with Crippen molar-refractivity contribution in [2.75, 3.05) is 18.5 Å². The highest BCUT2D eigenvalue weighted by molar-refractivity contribution is 7.98. The van der Waals surface area contributed by atoms with E-state index in [4.69, 9.17) is 14.0 Å². The quantitative estimate of drug-likeness (QED) is 0.672. The third-order valence-corrected chi connectivity index (χ3v) is 4.91.